The van der Waals surface area contributed by atoms with Gasteiger partial charge in [0.1, 0.15) is 6.54 Å². The van der Waals surface area contributed by atoms with Crippen molar-refractivity contribution < 1.29 is 14.4 Å². The Kier molecular flexibility index (Phi) is 6.77. The topological polar surface area (TPSA) is 69.7 Å². The quantitative estimate of drug-likeness (QED) is 0.699. The van der Waals surface area contributed by atoms with E-state index >= 15 is 0 Å². The summed E-state index contributed by atoms with van der Waals surface area (Å²) in [6, 6.07) is 15.1. The maximum atomic E-state index is 12.5. The fraction of sp³-hybridized carbons (Fsp3) is 0.348. The average molecular weight is 393 g/mol. The molecule has 1 aliphatic rings. The average Bonchev–Trinajstić information content (AvgIpc) is 2.74. The first kappa shape index (κ1) is 20.7. The highest BCUT2D eigenvalue weighted by Gasteiger charge is 2.31. The summed E-state index contributed by atoms with van der Waals surface area (Å²) in [6.07, 6.45) is 0.142. The lowest BCUT2D eigenvalue weighted by Gasteiger charge is -2.26. The zero-order chi connectivity index (χ0) is 20.8. The number of hydrogen-bond acceptors (Lipinski definition) is 4. The van der Waals surface area contributed by atoms with Gasteiger partial charge in [-0.3, -0.25) is 24.2 Å². The molecular formula is C23H27N3O3. The summed E-state index contributed by atoms with van der Waals surface area (Å²) in [6.45, 7) is 7.30. The first-order valence-electron chi connectivity index (χ1n) is 10.0. The molecular weight excluding hydrogens is 366 g/mol. The fourth-order valence-corrected chi connectivity index (χ4v) is 3.43. The third-order valence-electron chi connectivity index (χ3n) is 5.25. The van der Waals surface area contributed by atoms with Crippen molar-refractivity contribution in [1.82, 2.24) is 15.1 Å². The number of imide groups is 1. The van der Waals surface area contributed by atoms with Crippen LogP contribution in [0.15, 0.2) is 48.5 Å². The molecule has 29 heavy (non-hydrogen) atoms. The first-order chi connectivity index (χ1) is 14.0. The third kappa shape index (κ3) is 5.09. The van der Waals surface area contributed by atoms with Gasteiger partial charge in [0, 0.05) is 18.7 Å². The van der Waals surface area contributed by atoms with E-state index in [4.69, 9.17) is 0 Å². The van der Waals surface area contributed by atoms with Crippen LogP contribution in [0.3, 0.4) is 0 Å². The molecule has 0 fully saturated rings. The Hall–Kier alpha value is -2.99. The lowest BCUT2D eigenvalue weighted by Crippen LogP contribution is -2.47. The summed E-state index contributed by atoms with van der Waals surface area (Å²) < 4.78 is 0. The van der Waals surface area contributed by atoms with Gasteiger partial charge in [-0.15, -0.1) is 0 Å². The summed E-state index contributed by atoms with van der Waals surface area (Å²) in [5.41, 5.74) is 3.41. The molecule has 3 rings (SSSR count). The van der Waals surface area contributed by atoms with Crippen molar-refractivity contribution in [1.29, 1.82) is 0 Å². The van der Waals surface area contributed by atoms with Crippen molar-refractivity contribution in [2.45, 2.75) is 33.4 Å². The molecule has 152 valence electrons. The summed E-state index contributed by atoms with van der Waals surface area (Å²) in [5.74, 6) is -1.10. The predicted octanol–water partition coefficient (Wildman–Crippen LogP) is 2.37. The van der Waals surface area contributed by atoms with Crippen LogP contribution in [-0.4, -0.2) is 47.2 Å². The number of hydrogen-bond donors (Lipinski definition) is 1. The molecule has 6 nitrogen and oxygen atoms in total. The van der Waals surface area contributed by atoms with E-state index in [1.54, 1.807) is 24.3 Å². The predicted molar refractivity (Wildman–Crippen MR) is 111 cm³/mol. The minimum atomic E-state index is -0.409. The number of nitrogens with zero attached hydrogens (tertiary/aromatic N) is 2. The van der Waals surface area contributed by atoms with E-state index in [1.165, 1.54) is 5.56 Å². The van der Waals surface area contributed by atoms with Gasteiger partial charge in [0.25, 0.3) is 5.91 Å². The lowest BCUT2D eigenvalue weighted by molar-refractivity contribution is -0.133. The molecule has 0 radical (unpaired) electrons. The largest absolute Gasteiger partial charge is 0.350 e. The smallest absolute Gasteiger partial charge is 0.261 e. The monoisotopic (exact) mass is 393 g/mol. The van der Waals surface area contributed by atoms with Crippen molar-refractivity contribution in [3.05, 3.63) is 70.8 Å². The number of benzene rings is 2. The number of nitrogens with one attached hydrogen (secondary N) is 1. The lowest BCUT2D eigenvalue weighted by atomic mass is 9.98. The van der Waals surface area contributed by atoms with Crippen molar-refractivity contribution in [2.75, 3.05) is 19.6 Å². The molecule has 0 unspecified atom stereocenters. The van der Waals surface area contributed by atoms with Crippen LogP contribution < -0.4 is 5.32 Å². The van der Waals surface area contributed by atoms with E-state index in [9.17, 15) is 14.4 Å². The molecule has 3 amide bonds. The Labute approximate surface area is 171 Å². The van der Waals surface area contributed by atoms with Crippen molar-refractivity contribution in [3.8, 4) is 0 Å². The molecule has 0 saturated heterocycles. The van der Waals surface area contributed by atoms with Crippen LogP contribution >= 0.6 is 0 Å². The minimum Gasteiger partial charge on any atom is -0.350 e. The highest BCUT2D eigenvalue weighted by molar-refractivity contribution is 6.11. The van der Waals surface area contributed by atoms with Gasteiger partial charge in [0.05, 0.1) is 6.42 Å². The summed E-state index contributed by atoms with van der Waals surface area (Å²) in [5, 5.41) is 2.80. The number of carbonyl (C=O) groups excluding carboxylic acids is 3. The van der Waals surface area contributed by atoms with Crippen LogP contribution in [0.25, 0.3) is 0 Å². The second-order valence-electron chi connectivity index (χ2n) is 7.17. The summed E-state index contributed by atoms with van der Waals surface area (Å²) in [7, 11) is 0. The highest BCUT2D eigenvalue weighted by Crippen LogP contribution is 2.19. The second-order valence-corrected chi connectivity index (χ2v) is 7.17. The van der Waals surface area contributed by atoms with Crippen LogP contribution in [0, 0.1) is 0 Å². The molecule has 1 heterocycles. The van der Waals surface area contributed by atoms with Gasteiger partial charge in [-0.05, 0) is 35.8 Å². The Morgan fingerprint density at radius 1 is 1.00 bits per heavy atom. The molecule has 2 aromatic rings. The molecule has 0 bridgehead atoms. The van der Waals surface area contributed by atoms with Gasteiger partial charge >= 0.3 is 0 Å². The summed E-state index contributed by atoms with van der Waals surface area (Å²) in [4.78, 5) is 40.5. The first-order valence-corrected chi connectivity index (χ1v) is 10.0. The molecule has 6 heteroatoms. The molecule has 2 aromatic carbocycles. The number of carbonyl (C=O) groups is 3. The van der Waals surface area contributed by atoms with E-state index in [2.05, 4.69) is 36.2 Å². The normalized spacial score (nSPS) is 13.6. The van der Waals surface area contributed by atoms with Gasteiger partial charge in [-0.1, -0.05) is 56.3 Å². The van der Waals surface area contributed by atoms with Crippen LogP contribution in [0.1, 0.15) is 40.9 Å². The molecule has 1 N–H and O–H groups in total. The zero-order valence-corrected chi connectivity index (χ0v) is 17.0. The number of amides is 3. The van der Waals surface area contributed by atoms with Gasteiger partial charge in [0.15, 0.2) is 0 Å². The van der Waals surface area contributed by atoms with E-state index in [-0.39, 0.29) is 24.8 Å². The Balaban J connectivity index is 1.54. The maximum absolute atomic E-state index is 12.5. The van der Waals surface area contributed by atoms with Gasteiger partial charge in [0.2, 0.25) is 11.8 Å². The second kappa shape index (κ2) is 9.47. The fourth-order valence-electron chi connectivity index (χ4n) is 3.43. The summed E-state index contributed by atoms with van der Waals surface area (Å²) >= 11 is 0. The number of rotatable bonds is 8. The van der Waals surface area contributed by atoms with Crippen LogP contribution in [0.2, 0.25) is 0 Å². The molecule has 0 atom stereocenters. The van der Waals surface area contributed by atoms with Crippen LogP contribution in [0.4, 0.5) is 0 Å². The van der Waals surface area contributed by atoms with Gasteiger partial charge in [-0.25, -0.2) is 0 Å². The minimum absolute atomic E-state index is 0.142. The Bertz CT molecular complexity index is 888. The molecule has 0 aromatic heterocycles. The van der Waals surface area contributed by atoms with E-state index in [0.717, 1.165) is 30.1 Å². The van der Waals surface area contributed by atoms with Crippen molar-refractivity contribution in [3.63, 3.8) is 0 Å². The van der Waals surface area contributed by atoms with Crippen LogP contribution in [0.5, 0.6) is 0 Å². The molecule has 0 aliphatic carbocycles. The third-order valence-corrected chi connectivity index (χ3v) is 5.25. The molecule has 0 saturated carbocycles. The van der Waals surface area contributed by atoms with E-state index in [1.807, 2.05) is 12.1 Å². The van der Waals surface area contributed by atoms with Crippen LogP contribution in [-0.2, 0) is 29.1 Å². The van der Waals surface area contributed by atoms with E-state index in [0.29, 0.717) is 17.7 Å². The standard InChI is InChI=1S/C23H27N3O3/c1-3-25(4-2)15-18-11-9-17(10-12-18)14-24-21(27)16-26-22(28)13-19-7-5-6-8-20(19)23(26)29/h5-12H,3-4,13-16H2,1-2H3,(H,24,27). The molecule has 1 aliphatic heterocycles. The van der Waals surface area contributed by atoms with Gasteiger partial charge < -0.3 is 5.32 Å². The highest BCUT2D eigenvalue weighted by atomic mass is 16.2. The SMILES string of the molecule is CCN(CC)Cc1ccc(CNC(=O)CN2C(=O)Cc3ccccc3C2=O)cc1. The maximum Gasteiger partial charge on any atom is 0.261 e. The number of fused-ring (bicyclic) bond motifs is 1. The Morgan fingerprint density at radius 2 is 1.66 bits per heavy atom. The Morgan fingerprint density at radius 3 is 2.34 bits per heavy atom. The van der Waals surface area contributed by atoms with Crippen molar-refractivity contribution >= 4 is 17.7 Å². The van der Waals surface area contributed by atoms with Crippen molar-refractivity contribution in [2.24, 2.45) is 0 Å². The zero-order valence-electron chi connectivity index (χ0n) is 17.0. The van der Waals surface area contributed by atoms with Gasteiger partial charge in [-0.2, -0.15) is 0 Å². The molecule has 0 spiro atoms. The van der Waals surface area contributed by atoms with E-state index < -0.39 is 5.91 Å².